The van der Waals surface area contributed by atoms with E-state index in [0.717, 1.165) is 12.8 Å². The van der Waals surface area contributed by atoms with Crippen molar-refractivity contribution in [3.63, 3.8) is 0 Å². The molecule has 3 unspecified atom stereocenters. The van der Waals surface area contributed by atoms with Gasteiger partial charge in [0, 0.05) is 12.3 Å². The van der Waals surface area contributed by atoms with Gasteiger partial charge in [-0.25, -0.2) is 9.59 Å². The molecule has 0 spiro atoms. The predicted octanol–water partition coefficient (Wildman–Crippen LogP) is 2.62. The fourth-order valence-corrected chi connectivity index (χ4v) is 3.99. The Balaban J connectivity index is 1.98. The third-order valence-electron chi connectivity index (χ3n) is 4.62. The van der Waals surface area contributed by atoms with Gasteiger partial charge in [0.25, 0.3) is 0 Å². The lowest BCUT2D eigenvalue weighted by atomic mass is 9.82. The van der Waals surface area contributed by atoms with Crippen molar-refractivity contribution in [3.05, 3.63) is 0 Å². The fourth-order valence-electron chi connectivity index (χ4n) is 2.36. The molecule has 2 amide bonds. The molecule has 1 saturated carbocycles. The number of rotatable bonds is 4. The minimum atomic E-state index is -0.898. The summed E-state index contributed by atoms with van der Waals surface area (Å²) in [6.45, 7) is 9.10. The van der Waals surface area contributed by atoms with E-state index in [9.17, 15) is 14.7 Å². The number of amides is 2. The van der Waals surface area contributed by atoms with Gasteiger partial charge in [0.1, 0.15) is 6.04 Å². The van der Waals surface area contributed by atoms with Gasteiger partial charge in [0.05, 0.1) is 5.37 Å². The molecule has 1 heterocycles. The molecule has 2 aliphatic rings. The number of aliphatic carboxylic acids is 1. The molecule has 1 saturated heterocycles. The van der Waals surface area contributed by atoms with Crippen LogP contribution < -0.4 is 5.32 Å². The van der Waals surface area contributed by atoms with E-state index < -0.39 is 12.0 Å². The standard InChI is InChI=1S/C15H26N2O3S/c1-9(15(2,3)4)7-16-14(20)17-11(13(18)19)8-21-12(17)10-5-6-10/h9-12H,5-8H2,1-4H3,(H,16,20)(H,18,19). The number of hydrogen-bond acceptors (Lipinski definition) is 3. The van der Waals surface area contributed by atoms with Crippen LogP contribution in [0.15, 0.2) is 0 Å². The quantitative estimate of drug-likeness (QED) is 0.837. The van der Waals surface area contributed by atoms with Crippen molar-refractivity contribution < 1.29 is 14.7 Å². The van der Waals surface area contributed by atoms with Crippen molar-refractivity contribution in [1.82, 2.24) is 10.2 Å². The molecule has 1 aliphatic carbocycles. The van der Waals surface area contributed by atoms with Crippen LogP contribution in [0.3, 0.4) is 0 Å². The Morgan fingerprint density at radius 1 is 1.38 bits per heavy atom. The van der Waals surface area contributed by atoms with Gasteiger partial charge in [-0.3, -0.25) is 4.90 Å². The second-order valence-electron chi connectivity index (χ2n) is 7.28. The fraction of sp³-hybridized carbons (Fsp3) is 0.867. The summed E-state index contributed by atoms with van der Waals surface area (Å²) in [5.41, 5.74) is 0.120. The Kier molecular flexibility index (Phi) is 4.76. The minimum absolute atomic E-state index is 0.0380. The first-order chi connectivity index (χ1) is 9.71. The number of urea groups is 1. The minimum Gasteiger partial charge on any atom is -0.480 e. The van der Waals surface area contributed by atoms with E-state index in [2.05, 4.69) is 33.0 Å². The molecule has 0 aromatic carbocycles. The van der Waals surface area contributed by atoms with Crippen LogP contribution in [0, 0.1) is 17.3 Å². The largest absolute Gasteiger partial charge is 0.480 e. The van der Waals surface area contributed by atoms with E-state index in [1.807, 2.05) is 0 Å². The first kappa shape index (κ1) is 16.5. The van der Waals surface area contributed by atoms with Crippen molar-refractivity contribution in [1.29, 1.82) is 0 Å². The molecule has 0 radical (unpaired) electrons. The lowest BCUT2D eigenvalue weighted by molar-refractivity contribution is -0.141. The molecule has 6 heteroatoms. The first-order valence-electron chi connectivity index (χ1n) is 7.62. The van der Waals surface area contributed by atoms with Crippen LogP contribution in [0.2, 0.25) is 0 Å². The molecule has 1 aliphatic heterocycles. The van der Waals surface area contributed by atoms with Crippen molar-refractivity contribution in [3.8, 4) is 0 Å². The zero-order chi connectivity index (χ0) is 15.8. The Bertz CT molecular complexity index is 418. The Hall–Kier alpha value is -0.910. The molecular formula is C15H26N2O3S. The van der Waals surface area contributed by atoms with Crippen molar-refractivity contribution >= 4 is 23.8 Å². The summed E-state index contributed by atoms with van der Waals surface area (Å²) in [7, 11) is 0. The number of carboxylic acids is 1. The Morgan fingerprint density at radius 2 is 2.00 bits per heavy atom. The van der Waals surface area contributed by atoms with Crippen LogP contribution in [-0.4, -0.2) is 45.7 Å². The van der Waals surface area contributed by atoms with Crippen molar-refractivity contribution in [2.45, 2.75) is 52.0 Å². The van der Waals surface area contributed by atoms with Gasteiger partial charge in [-0.2, -0.15) is 0 Å². The summed E-state index contributed by atoms with van der Waals surface area (Å²) < 4.78 is 0. The maximum atomic E-state index is 12.5. The van der Waals surface area contributed by atoms with Crippen LogP contribution in [-0.2, 0) is 4.79 Å². The second-order valence-corrected chi connectivity index (χ2v) is 8.43. The molecular weight excluding hydrogens is 288 g/mol. The van der Waals surface area contributed by atoms with Gasteiger partial charge >= 0.3 is 12.0 Å². The maximum absolute atomic E-state index is 12.5. The van der Waals surface area contributed by atoms with Gasteiger partial charge in [0.15, 0.2) is 0 Å². The van der Waals surface area contributed by atoms with Gasteiger partial charge in [0.2, 0.25) is 0 Å². The number of hydrogen-bond donors (Lipinski definition) is 2. The summed E-state index contributed by atoms with van der Waals surface area (Å²) >= 11 is 1.61. The van der Waals surface area contributed by atoms with E-state index in [1.54, 1.807) is 16.7 Å². The highest BCUT2D eigenvalue weighted by Crippen LogP contribution is 2.45. The third kappa shape index (κ3) is 3.84. The smallest absolute Gasteiger partial charge is 0.327 e. The molecule has 0 bridgehead atoms. The Morgan fingerprint density at radius 3 is 2.48 bits per heavy atom. The average molecular weight is 314 g/mol. The molecule has 2 rings (SSSR count). The SMILES string of the molecule is CC(CNC(=O)N1C(C(=O)O)CSC1C1CC1)C(C)(C)C. The molecule has 0 aromatic rings. The molecule has 120 valence electrons. The molecule has 2 N–H and O–H groups in total. The summed E-state index contributed by atoms with van der Waals surface area (Å²) in [5.74, 6) is 0.410. The molecule has 5 nitrogen and oxygen atoms in total. The zero-order valence-electron chi connectivity index (χ0n) is 13.3. The molecule has 2 fully saturated rings. The van der Waals surface area contributed by atoms with Gasteiger partial charge < -0.3 is 10.4 Å². The molecule has 3 atom stereocenters. The number of thioether (sulfide) groups is 1. The Labute approximate surface area is 130 Å². The van der Waals surface area contributed by atoms with Crippen molar-refractivity contribution in [2.24, 2.45) is 17.3 Å². The first-order valence-corrected chi connectivity index (χ1v) is 8.67. The average Bonchev–Trinajstić information content (AvgIpc) is 3.12. The van der Waals surface area contributed by atoms with Crippen LogP contribution in [0.4, 0.5) is 4.79 Å². The predicted molar refractivity (Wildman–Crippen MR) is 84.3 cm³/mol. The summed E-state index contributed by atoms with van der Waals surface area (Å²) in [6.07, 6.45) is 2.21. The van der Waals surface area contributed by atoms with Crippen LogP contribution in [0.5, 0.6) is 0 Å². The normalized spacial score (nSPS) is 27.5. The highest BCUT2D eigenvalue weighted by atomic mass is 32.2. The number of carbonyl (C=O) groups excluding carboxylic acids is 1. The van der Waals surface area contributed by atoms with Gasteiger partial charge in [-0.05, 0) is 30.1 Å². The number of nitrogens with one attached hydrogen (secondary N) is 1. The summed E-state index contributed by atoms with van der Waals surface area (Å²) in [6, 6.07) is -0.911. The van der Waals surface area contributed by atoms with E-state index in [-0.39, 0.29) is 16.8 Å². The number of carbonyl (C=O) groups is 2. The van der Waals surface area contributed by atoms with E-state index in [0.29, 0.717) is 24.1 Å². The third-order valence-corrected chi connectivity index (χ3v) is 6.08. The van der Waals surface area contributed by atoms with Crippen LogP contribution in [0.25, 0.3) is 0 Å². The summed E-state index contributed by atoms with van der Waals surface area (Å²) in [4.78, 5) is 25.4. The highest BCUT2D eigenvalue weighted by Gasteiger charge is 2.48. The maximum Gasteiger partial charge on any atom is 0.327 e. The van der Waals surface area contributed by atoms with Crippen molar-refractivity contribution in [2.75, 3.05) is 12.3 Å². The van der Waals surface area contributed by atoms with Gasteiger partial charge in [-0.15, -0.1) is 11.8 Å². The second kappa shape index (κ2) is 6.07. The zero-order valence-corrected chi connectivity index (χ0v) is 14.1. The molecule has 21 heavy (non-hydrogen) atoms. The lowest BCUT2D eigenvalue weighted by Gasteiger charge is -2.31. The molecule has 0 aromatic heterocycles. The topological polar surface area (TPSA) is 69.6 Å². The van der Waals surface area contributed by atoms with E-state index in [1.165, 1.54) is 0 Å². The summed E-state index contributed by atoms with van der Waals surface area (Å²) in [5, 5.41) is 12.3. The number of carboxylic acid groups (broad SMARTS) is 1. The lowest BCUT2D eigenvalue weighted by Crippen LogP contribution is -2.51. The van der Waals surface area contributed by atoms with Crippen LogP contribution >= 0.6 is 11.8 Å². The monoisotopic (exact) mass is 314 g/mol. The van der Waals surface area contributed by atoms with Crippen LogP contribution in [0.1, 0.15) is 40.5 Å². The number of nitrogens with zero attached hydrogens (tertiary/aromatic N) is 1. The van der Waals surface area contributed by atoms with E-state index in [4.69, 9.17) is 0 Å². The highest BCUT2D eigenvalue weighted by molar-refractivity contribution is 8.00. The van der Waals surface area contributed by atoms with Gasteiger partial charge in [-0.1, -0.05) is 27.7 Å². The van der Waals surface area contributed by atoms with E-state index >= 15 is 0 Å².